The summed E-state index contributed by atoms with van der Waals surface area (Å²) in [6.07, 6.45) is 0.823. The van der Waals surface area contributed by atoms with Crippen molar-refractivity contribution in [3.05, 3.63) is 29.6 Å². The molecule has 0 saturated heterocycles. The molecule has 1 aromatic rings. The number of aromatic carboxylic acids is 1. The average molecular weight is 297 g/mol. The second kappa shape index (κ2) is 7.58. The number of rotatable bonds is 6. The number of nitrogens with one attached hydrogen (secondary N) is 1. The van der Waals surface area contributed by atoms with Crippen LogP contribution in [0.15, 0.2) is 18.2 Å². The number of halogens is 1. The van der Waals surface area contributed by atoms with Crippen LogP contribution in [-0.4, -0.2) is 61.1 Å². The van der Waals surface area contributed by atoms with Gasteiger partial charge >= 0.3 is 12.0 Å². The van der Waals surface area contributed by atoms with E-state index in [1.807, 2.05) is 19.0 Å². The summed E-state index contributed by atoms with van der Waals surface area (Å²) in [6.45, 7) is 1.43. The van der Waals surface area contributed by atoms with Crippen LogP contribution in [-0.2, 0) is 0 Å². The van der Waals surface area contributed by atoms with Crippen LogP contribution >= 0.6 is 0 Å². The van der Waals surface area contributed by atoms with Crippen molar-refractivity contribution in [2.75, 3.05) is 39.5 Å². The zero-order valence-corrected chi connectivity index (χ0v) is 12.4. The normalized spacial score (nSPS) is 10.5. The molecule has 2 N–H and O–H groups in total. The van der Waals surface area contributed by atoms with E-state index in [1.165, 1.54) is 11.0 Å². The number of amides is 2. The van der Waals surface area contributed by atoms with Crippen molar-refractivity contribution in [1.29, 1.82) is 0 Å². The van der Waals surface area contributed by atoms with Gasteiger partial charge in [-0.1, -0.05) is 0 Å². The SMILES string of the molecule is CN(C)CCCN(C)C(=O)Nc1ccc(C(=O)O)c(F)c1. The number of carbonyl (C=O) groups is 2. The number of urea groups is 1. The van der Waals surface area contributed by atoms with E-state index in [4.69, 9.17) is 5.11 Å². The Hall–Kier alpha value is -2.15. The zero-order valence-electron chi connectivity index (χ0n) is 12.4. The fraction of sp³-hybridized carbons (Fsp3) is 0.429. The molecule has 0 unspecified atom stereocenters. The summed E-state index contributed by atoms with van der Waals surface area (Å²) in [5.74, 6) is -2.22. The predicted molar refractivity (Wildman–Crippen MR) is 78.2 cm³/mol. The number of hydrogen-bond acceptors (Lipinski definition) is 3. The Kier molecular flexibility index (Phi) is 6.10. The summed E-state index contributed by atoms with van der Waals surface area (Å²) in [5.41, 5.74) is -0.200. The average Bonchev–Trinajstić information content (AvgIpc) is 2.37. The van der Waals surface area contributed by atoms with Gasteiger partial charge in [0.25, 0.3) is 0 Å². The molecule has 1 aromatic carbocycles. The molecule has 0 fully saturated rings. The molecule has 2 amide bonds. The van der Waals surface area contributed by atoms with Crippen LogP contribution in [0.4, 0.5) is 14.9 Å². The summed E-state index contributed by atoms with van der Waals surface area (Å²) in [7, 11) is 5.55. The largest absolute Gasteiger partial charge is 0.478 e. The van der Waals surface area contributed by atoms with Gasteiger partial charge < -0.3 is 20.2 Å². The number of nitrogens with zero attached hydrogens (tertiary/aromatic N) is 2. The predicted octanol–water partition coefficient (Wildman–Crippen LogP) is 1.94. The van der Waals surface area contributed by atoms with Crippen molar-refractivity contribution >= 4 is 17.7 Å². The van der Waals surface area contributed by atoms with E-state index in [1.54, 1.807) is 7.05 Å². The van der Waals surface area contributed by atoms with E-state index in [9.17, 15) is 14.0 Å². The molecule has 0 heterocycles. The number of benzene rings is 1. The lowest BCUT2D eigenvalue weighted by Crippen LogP contribution is -2.33. The standard InChI is InChI=1S/C14H20FN3O3/c1-17(2)7-4-8-18(3)14(21)16-10-5-6-11(13(19)20)12(15)9-10/h5-6,9H,4,7-8H2,1-3H3,(H,16,21)(H,19,20). The molecule has 1 rings (SSSR count). The van der Waals surface area contributed by atoms with Crippen molar-refractivity contribution in [3.8, 4) is 0 Å². The van der Waals surface area contributed by atoms with Crippen molar-refractivity contribution in [2.24, 2.45) is 0 Å². The van der Waals surface area contributed by atoms with E-state index in [0.717, 1.165) is 25.1 Å². The minimum absolute atomic E-state index is 0.224. The Bertz CT molecular complexity index is 520. The van der Waals surface area contributed by atoms with Gasteiger partial charge in [-0.15, -0.1) is 0 Å². The number of anilines is 1. The lowest BCUT2D eigenvalue weighted by atomic mass is 10.2. The van der Waals surface area contributed by atoms with Crippen LogP contribution in [0.1, 0.15) is 16.8 Å². The van der Waals surface area contributed by atoms with Crippen LogP contribution in [0, 0.1) is 5.82 Å². The first-order valence-corrected chi connectivity index (χ1v) is 6.51. The van der Waals surface area contributed by atoms with Gasteiger partial charge in [-0.2, -0.15) is 0 Å². The van der Waals surface area contributed by atoms with E-state index in [0.29, 0.717) is 6.54 Å². The fourth-order valence-corrected chi connectivity index (χ4v) is 1.71. The van der Waals surface area contributed by atoms with Crippen LogP contribution < -0.4 is 5.32 Å². The number of carbonyl (C=O) groups excluding carboxylic acids is 1. The van der Waals surface area contributed by atoms with E-state index < -0.39 is 17.3 Å². The molecular weight excluding hydrogens is 277 g/mol. The summed E-state index contributed by atoms with van der Waals surface area (Å²) >= 11 is 0. The van der Waals surface area contributed by atoms with E-state index in [2.05, 4.69) is 5.32 Å². The second-order valence-corrected chi connectivity index (χ2v) is 5.01. The van der Waals surface area contributed by atoms with Gasteiger partial charge in [0.1, 0.15) is 5.82 Å². The van der Waals surface area contributed by atoms with Crippen LogP contribution in [0.5, 0.6) is 0 Å². The molecule has 21 heavy (non-hydrogen) atoms. The highest BCUT2D eigenvalue weighted by atomic mass is 19.1. The fourth-order valence-electron chi connectivity index (χ4n) is 1.71. The highest BCUT2D eigenvalue weighted by molar-refractivity contribution is 5.91. The van der Waals surface area contributed by atoms with Gasteiger partial charge in [0.2, 0.25) is 0 Å². The molecule has 0 aliphatic carbocycles. The van der Waals surface area contributed by atoms with Crippen molar-refractivity contribution < 1.29 is 19.1 Å². The monoisotopic (exact) mass is 297 g/mol. The van der Waals surface area contributed by atoms with Gasteiger partial charge in [0.15, 0.2) is 0 Å². The molecule has 0 bridgehead atoms. The molecule has 0 spiro atoms. The molecule has 6 nitrogen and oxygen atoms in total. The van der Waals surface area contributed by atoms with E-state index >= 15 is 0 Å². The van der Waals surface area contributed by atoms with E-state index in [-0.39, 0.29) is 11.7 Å². The molecule has 0 aliphatic rings. The molecule has 0 aromatic heterocycles. The van der Waals surface area contributed by atoms with Gasteiger partial charge in [-0.05, 0) is 45.3 Å². The minimum Gasteiger partial charge on any atom is -0.478 e. The summed E-state index contributed by atoms with van der Waals surface area (Å²) in [4.78, 5) is 26.1. The third kappa shape index (κ3) is 5.39. The number of carboxylic acid groups (broad SMARTS) is 1. The topological polar surface area (TPSA) is 72.9 Å². The molecule has 0 saturated carbocycles. The Morgan fingerprint density at radius 3 is 2.43 bits per heavy atom. The Morgan fingerprint density at radius 1 is 1.24 bits per heavy atom. The lowest BCUT2D eigenvalue weighted by Gasteiger charge is -2.19. The van der Waals surface area contributed by atoms with Gasteiger partial charge in [-0.3, -0.25) is 0 Å². The van der Waals surface area contributed by atoms with Crippen molar-refractivity contribution in [3.63, 3.8) is 0 Å². The number of hydrogen-bond donors (Lipinski definition) is 2. The van der Waals surface area contributed by atoms with Crippen LogP contribution in [0.2, 0.25) is 0 Å². The summed E-state index contributed by atoms with van der Waals surface area (Å²) in [6, 6.07) is 3.11. The highest BCUT2D eigenvalue weighted by Gasteiger charge is 2.13. The first kappa shape index (κ1) is 16.9. The van der Waals surface area contributed by atoms with Gasteiger partial charge in [0.05, 0.1) is 5.56 Å². The third-order valence-corrected chi connectivity index (χ3v) is 2.90. The minimum atomic E-state index is -1.34. The van der Waals surface area contributed by atoms with Gasteiger partial charge in [-0.25, -0.2) is 14.0 Å². The highest BCUT2D eigenvalue weighted by Crippen LogP contribution is 2.15. The quantitative estimate of drug-likeness (QED) is 0.841. The van der Waals surface area contributed by atoms with Crippen molar-refractivity contribution in [1.82, 2.24) is 9.80 Å². The molecule has 7 heteroatoms. The first-order chi connectivity index (χ1) is 9.81. The third-order valence-electron chi connectivity index (χ3n) is 2.90. The van der Waals surface area contributed by atoms with Crippen LogP contribution in [0.25, 0.3) is 0 Å². The second-order valence-electron chi connectivity index (χ2n) is 5.01. The Balaban J connectivity index is 2.58. The Morgan fingerprint density at radius 2 is 1.90 bits per heavy atom. The maximum absolute atomic E-state index is 13.5. The maximum atomic E-state index is 13.5. The van der Waals surface area contributed by atoms with Crippen molar-refractivity contribution in [2.45, 2.75) is 6.42 Å². The summed E-state index contributed by atoms with van der Waals surface area (Å²) < 4.78 is 13.5. The molecule has 0 atom stereocenters. The van der Waals surface area contributed by atoms with Crippen LogP contribution in [0.3, 0.4) is 0 Å². The number of carboxylic acids is 1. The molecule has 0 radical (unpaired) electrons. The maximum Gasteiger partial charge on any atom is 0.338 e. The Labute approximate surface area is 123 Å². The van der Waals surface area contributed by atoms with Gasteiger partial charge in [0, 0.05) is 19.3 Å². The lowest BCUT2D eigenvalue weighted by molar-refractivity contribution is 0.0692. The molecule has 0 aliphatic heterocycles. The molecular formula is C14H20FN3O3. The first-order valence-electron chi connectivity index (χ1n) is 6.51. The zero-order chi connectivity index (χ0) is 16.0. The summed E-state index contributed by atoms with van der Waals surface area (Å²) in [5, 5.41) is 11.3. The molecule has 116 valence electrons. The smallest absolute Gasteiger partial charge is 0.338 e.